The van der Waals surface area contributed by atoms with Crippen LogP contribution in [0, 0.1) is 5.92 Å². The Hall–Kier alpha value is -1.17. The van der Waals surface area contributed by atoms with E-state index in [4.69, 9.17) is 14.9 Å². The summed E-state index contributed by atoms with van der Waals surface area (Å²) in [6, 6.07) is 0. The molecule has 5 heteroatoms. The zero-order chi connectivity index (χ0) is 15.6. The molecule has 0 rings (SSSR count). The molecule has 0 saturated heterocycles. The molecular formula is C15H26O5. The zero-order valence-corrected chi connectivity index (χ0v) is 12.1. The Labute approximate surface area is 120 Å². The topological polar surface area (TPSA) is 87.0 Å². The predicted molar refractivity (Wildman–Crippen MR) is 77.0 cm³/mol. The Balaban J connectivity index is 4.69. The highest BCUT2D eigenvalue weighted by atomic mass is 16.6. The van der Waals surface area contributed by atoms with Gasteiger partial charge in [0, 0.05) is 12.8 Å². The first-order chi connectivity index (χ1) is 9.47. The third-order valence-electron chi connectivity index (χ3n) is 3.33. The minimum absolute atomic E-state index is 0.140. The number of rotatable bonds is 11. The van der Waals surface area contributed by atoms with Crippen molar-refractivity contribution < 1.29 is 24.9 Å². The summed E-state index contributed by atoms with van der Waals surface area (Å²) in [5.41, 5.74) is -1.86. The fourth-order valence-corrected chi connectivity index (χ4v) is 1.85. The van der Waals surface area contributed by atoms with Crippen LogP contribution < -0.4 is 0 Å². The molecule has 0 aromatic carbocycles. The van der Waals surface area contributed by atoms with Gasteiger partial charge in [-0.25, -0.2) is 0 Å². The summed E-state index contributed by atoms with van der Waals surface area (Å²) in [6.45, 7) is 7.74. The Bertz CT molecular complexity index is 309. The maximum Gasteiger partial charge on any atom is 0.306 e. The highest BCUT2D eigenvalue weighted by Gasteiger charge is 2.38. The van der Waals surface area contributed by atoms with E-state index in [-0.39, 0.29) is 18.8 Å². The van der Waals surface area contributed by atoms with Gasteiger partial charge in [0.15, 0.2) is 0 Å². The van der Waals surface area contributed by atoms with Crippen molar-refractivity contribution >= 4 is 5.97 Å². The number of allylic oxidation sites excluding steroid dienone is 1. The molecule has 0 radical (unpaired) electrons. The van der Waals surface area contributed by atoms with Crippen LogP contribution >= 0.6 is 0 Å². The van der Waals surface area contributed by atoms with Crippen LogP contribution in [0.4, 0.5) is 0 Å². The lowest BCUT2D eigenvalue weighted by Gasteiger charge is -2.32. The van der Waals surface area contributed by atoms with E-state index in [2.05, 4.69) is 13.2 Å². The lowest BCUT2D eigenvalue weighted by atomic mass is 9.95. The average Bonchev–Trinajstić information content (AvgIpc) is 2.45. The van der Waals surface area contributed by atoms with E-state index in [0.717, 1.165) is 6.42 Å². The van der Waals surface area contributed by atoms with Gasteiger partial charge in [-0.2, -0.15) is 0 Å². The van der Waals surface area contributed by atoms with Crippen LogP contribution in [0.5, 0.6) is 0 Å². The standard InChI is InChI=1S/C15H26O5/c1-4-7-12(6-3)9-14(18)20-13(8-5-2)15(19,10-16)11-17/h4-5,12-13,16-17,19H,1-2,6-11H2,3H3. The number of carbonyl (C=O) groups excluding carboxylic acids is 1. The van der Waals surface area contributed by atoms with E-state index in [0.29, 0.717) is 6.42 Å². The van der Waals surface area contributed by atoms with Crippen LogP contribution in [0.3, 0.4) is 0 Å². The summed E-state index contributed by atoms with van der Waals surface area (Å²) in [7, 11) is 0. The molecule has 0 aliphatic carbocycles. The van der Waals surface area contributed by atoms with Gasteiger partial charge in [-0.15, -0.1) is 13.2 Å². The Morgan fingerprint density at radius 1 is 1.25 bits per heavy atom. The molecule has 2 atom stereocenters. The van der Waals surface area contributed by atoms with Gasteiger partial charge in [-0.1, -0.05) is 25.5 Å². The molecule has 0 aliphatic heterocycles. The van der Waals surface area contributed by atoms with E-state index < -0.39 is 30.9 Å². The third kappa shape index (κ3) is 5.86. The maximum atomic E-state index is 11.9. The number of hydrogen-bond acceptors (Lipinski definition) is 5. The van der Waals surface area contributed by atoms with E-state index in [1.165, 1.54) is 6.08 Å². The Kier molecular flexibility index (Phi) is 9.12. The lowest BCUT2D eigenvalue weighted by molar-refractivity contribution is -0.178. The largest absolute Gasteiger partial charge is 0.459 e. The summed E-state index contributed by atoms with van der Waals surface area (Å²) >= 11 is 0. The smallest absolute Gasteiger partial charge is 0.306 e. The summed E-state index contributed by atoms with van der Waals surface area (Å²) in [5.74, 6) is -0.327. The Morgan fingerprint density at radius 3 is 2.20 bits per heavy atom. The molecule has 3 N–H and O–H groups in total. The normalized spacial score (nSPS) is 14.4. The quantitative estimate of drug-likeness (QED) is 0.392. The monoisotopic (exact) mass is 286 g/mol. The van der Waals surface area contributed by atoms with Crippen molar-refractivity contribution in [3.8, 4) is 0 Å². The molecule has 0 bridgehead atoms. The van der Waals surface area contributed by atoms with Gasteiger partial charge < -0.3 is 20.1 Å². The van der Waals surface area contributed by atoms with Crippen molar-refractivity contribution in [1.82, 2.24) is 0 Å². The third-order valence-corrected chi connectivity index (χ3v) is 3.33. The fourth-order valence-electron chi connectivity index (χ4n) is 1.85. The number of aliphatic hydroxyl groups excluding tert-OH is 2. The number of aliphatic hydroxyl groups is 3. The lowest BCUT2D eigenvalue weighted by Crippen LogP contribution is -2.51. The van der Waals surface area contributed by atoms with Gasteiger partial charge in [0.05, 0.1) is 13.2 Å². The van der Waals surface area contributed by atoms with Crippen molar-refractivity contribution in [2.45, 2.75) is 44.3 Å². The average molecular weight is 286 g/mol. The van der Waals surface area contributed by atoms with Gasteiger partial charge in [-0.05, 0) is 12.3 Å². The van der Waals surface area contributed by atoms with Gasteiger partial charge >= 0.3 is 5.97 Å². The van der Waals surface area contributed by atoms with E-state index in [9.17, 15) is 9.90 Å². The van der Waals surface area contributed by atoms with E-state index >= 15 is 0 Å². The molecule has 2 unspecified atom stereocenters. The number of esters is 1. The minimum Gasteiger partial charge on any atom is -0.459 e. The number of carbonyl (C=O) groups is 1. The SMILES string of the molecule is C=CCC(CC)CC(=O)OC(CC=C)C(O)(CO)CO. The van der Waals surface area contributed by atoms with Crippen LogP contribution in [-0.4, -0.2) is 46.2 Å². The Morgan fingerprint density at radius 2 is 1.80 bits per heavy atom. The molecular weight excluding hydrogens is 260 g/mol. The second-order valence-electron chi connectivity index (χ2n) is 4.93. The molecule has 0 heterocycles. The van der Waals surface area contributed by atoms with E-state index in [1.807, 2.05) is 6.92 Å². The van der Waals surface area contributed by atoms with Crippen LogP contribution in [0.2, 0.25) is 0 Å². The molecule has 0 fully saturated rings. The molecule has 0 aliphatic rings. The van der Waals surface area contributed by atoms with Crippen LogP contribution in [-0.2, 0) is 9.53 Å². The van der Waals surface area contributed by atoms with E-state index in [1.54, 1.807) is 6.08 Å². The minimum atomic E-state index is -1.86. The van der Waals surface area contributed by atoms with Gasteiger partial charge in [0.2, 0.25) is 0 Å². The van der Waals surface area contributed by atoms with Crippen molar-refractivity contribution in [3.05, 3.63) is 25.3 Å². The fraction of sp³-hybridized carbons (Fsp3) is 0.667. The summed E-state index contributed by atoms with van der Waals surface area (Å²) in [5, 5.41) is 28.3. The van der Waals surface area contributed by atoms with Crippen molar-refractivity contribution in [2.24, 2.45) is 5.92 Å². The summed E-state index contributed by atoms with van der Waals surface area (Å²) < 4.78 is 5.20. The number of ether oxygens (including phenoxy) is 1. The van der Waals surface area contributed by atoms with Crippen molar-refractivity contribution in [2.75, 3.05) is 13.2 Å². The summed E-state index contributed by atoms with van der Waals surface area (Å²) in [4.78, 5) is 11.9. The molecule has 116 valence electrons. The first-order valence-electron chi connectivity index (χ1n) is 6.82. The molecule has 0 saturated carbocycles. The molecule has 0 aromatic heterocycles. The first-order valence-corrected chi connectivity index (χ1v) is 6.82. The van der Waals surface area contributed by atoms with Crippen LogP contribution in [0.15, 0.2) is 25.3 Å². The maximum absolute atomic E-state index is 11.9. The highest BCUT2D eigenvalue weighted by Crippen LogP contribution is 2.20. The molecule has 20 heavy (non-hydrogen) atoms. The first kappa shape index (κ1) is 18.8. The van der Waals surface area contributed by atoms with Crippen molar-refractivity contribution in [3.63, 3.8) is 0 Å². The van der Waals surface area contributed by atoms with Gasteiger partial charge in [-0.3, -0.25) is 4.79 Å². The summed E-state index contributed by atoms with van der Waals surface area (Å²) in [6.07, 6.45) is 4.10. The second kappa shape index (κ2) is 9.69. The molecule has 0 aromatic rings. The highest BCUT2D eigenvalue weighted by molar-refractivity contribution is 5.70. The molecule has 0 amide bonds. The van der Waals surface area contributed by atoms with Gasteiger partial charge in [0.25, 0.3) is 0 Å². The van der Waals surface area contributed by atoms with Crippen LogP contribution in [0.25, 0.3) is 0 Å². The second-order valence-corrected chi connectivity index (χ2v) is 4.93. The van der Waals surface area contributed by atoms with Gasteiger partial charge in [0.1, 0.15) is 11.7 Å². The zero-order valence-electron chi connectivity index (χ0n) is 12.1. The van der Waals surface area contributed by atoms with Crippen LogP contribution in [0.1, 0.15) is 32.6 Å². The molecule has 5 nitrogen and oxygen atoms in total. The predicted octanol–water partition coefficient (Wildman–Crippen LogP) is 1.18. The number of hydrogen-bond donors (Lipinski definition) is 3. The molecule has 0 spiro atoms. The van der Waals surface area contributed by atoms with Crippen molar-refractivity contribution in [1.29, 1.82) is 0 Å².